The molecule has 0 aliphatic carbocycles. The molecule has 5 heteroatoms. The highest BCUT2D eigenvalue weighted by molar-refractivity contribution is 6.24. The van der Waals surface area contributed by atoms with Crippen molar-refractivity contribution in [1.29, 1.82) is 0 Å². The molecule has 3 aliphatic heterocycles. The van der Waals surface area contributed by atoms with Gasteiger partial charge in [-0.25, -0.2) is 4.90 Å². The Morgan fingerprint density at radius 1 is 1.00 bits per heavy atom. The van der Waals surface area contributed by atoms with E-state index in [1.165, 1.54) is 4.90 Å². The molecule has 1 unspecified atom stereocenters. The van der Waals surface area contributed by atoms with Crippen molar-refractivity contribution in [3.05, 3.63) is 65.2 Å². The van der Waals surface area contributed by atoms with E-state index >= 15 is 0 Å². The van der Waals surface area contributed by atoms with Crippen LogP contribution in [0.3, 0.4) is 0 Å². The molecule has 154 valence electrons. The summed E-state index contributed by atoms with van der Waals surface area (Å²) in [5.41, 5.74) is 3.51. The zero-order chi connectivity index (χ0) is 21.0. The Labute approximate surface area is 176 Å². The number of nitrogens with one attached hydrogen (secondary N) is 1. The third-order valence-corrected chi connectivity index (χ3v) is 7.27. The Balaban J connectivity index is 1.52. The first kappa shape index (κ1) is 19.2. The Kier molecular flexibility index (Phi) is 4.58. The fourth-order valence-electron chi connectivity index (χ4n) is 5.77. The number of quaternary nitrogens is 1. The first-order valence-corrected chi connectivity index (χ1v) is 10.9. The van der Waals surface area contributed by atoms with Gasteiger partial charge in [0.25, 0.3) is 0 Å². The summed E-state index contributed by atoms with van der Waals surface area (Å²) in [7, 11) is 0. The highest BCUT2D eigenvalue weighted by atomic mass is 16.2. The Morgan fingerprint density at radius 3 is 2.33 bits per heavy atom. The number of benzene rings is 2. The zero-order valence-electron chi connectivity index (χ0n) is 17.4. The lowest BCUT2D eigenvalue weighted by atomic mass is 9.85. The third kappa shape index (κ3) is 2.76. The van der Waals surface area contributed by atoms with E-state index in [0.717, 1.165) is 41.8 Å². The van der Waals surface area contributed by atoms with Crippen LogP contribution in [0.4, 0.5) is 5.69 Å². The molecule has 3 aliphatic rings. The van der Waals surface area contributed by atoms with Crippen molar-refractivity contribution >= 4 is 23.3 Å². The molecule has 5 atom stereocenters. The molecular formula is C25H27N2O3+. The fourth-order valence-corrected chi connectivity index (χ4v) is 5.77. The predicted octanol–water partition coefficient (Wildman–Crippen LogP) is 1.98. The molecular weight excluding hydrogens is 376 g/mol. The minimum atomic E-state index is -0.558. The van der Waals surface area contributed by atoms with E-state index in [2.05, 4.69) is 6.92 Å². The smallest absolute Gasteiger partial charge is 0.244 e. The van der Waals surface area contributed by atoms with Crippen LogP contribution in [0.5, 0.6) is 0 Å². The van der Waals surface area contributed by atoms with Gasteiger partial charge in [0.2, 0.25) is 17.6 Å². The summed E-state index contributed by atoms with van der Waals surface area (Å²) in [6.45, 7) is 4.92. The van der Waals surface area contributed by atoms with E-state index in [4.69, 9.17) is 0 Å². The van der Waals surface area contributed by atoms with Crippen molar-refractivity contribution in [1.82, 2.24) is 0 Å². The van der Waals surface area contributed by atoms with Gasteiger partial charge in [-0.15, -0.1) is 0 Å². The van der Waals surface area contributed by atoms with Crippen molar-refractivity contribution in [2.45, 2.75) is 45.2 Å². The largest absolute Gasteiger partial charge is 0.322 e. The molecule has 5 rings (SSSR count). The summed E-state index contributed by atoms with van der Waals surface area (Å²) in [6.07, 6.45) is 2.80. The lowest BCUT2D eigenvalue weighted by Gasteiger charge is -2.25. The highest BCUT2D eigenvalue weighted by Gasteiger charge is 2.68. The normalized spacial score (nSPS) is 29.9. The molecule has 3 heterocycles. The summed E-state index contributed by atoms with van der Waals surface area (Å²) >= 11 is 0. The Bertz CT molecular complexity index is 1010. The van der Waals surface area contributed by atoms with Crippen LogP contribution in [-0.2, 0) is 16.0 Å². The molecule has 0 radical (unpaired) electrons. The second-order valence-electron chi connectivity index (χ2n) is 8.87. The lowest BCUT2D eigenvalue weighted by Crippen LogP contribution is -3.16. The van der Waals surface area contributed by atoms with Crippen molar-refractivity contribution in [3.8, 4) is 0 Å². The van der Waals surface area contributed by atoms with E-state index in [9.17, 15) is 14.4 Å². The van der Waals surface area contributed by atoms with Gasteiger partial charge >= 0.3 is 0 Å². The summed E-state index contributed by atoms with van der Waals surface area (Å²) in [5.74, 6) is -1.29. The Morgan fingerprint density at radius 2 is 1.67 bits per heavy atom. The number of nitrogens with zero attached hydrogens (tertiary/aromatic N) is 1. The maximum Gasteiger partial charge on any atom is 0.244 e. The van der Waals surface area contributed by atoms with E-state index in [1.807, 2.05) is 55.5 Å². The quantitative estimate of drug-likeness (QED) is 0.627. The molecule has 0 bridgehead atoms. The zero-order valence-corrected chi connectivity index (χ0v) is 17.4. The fraction of sp³-hybridized carbons (Fsp3) is 0.400. The van der Waals surface area contributed by atoms with Crippen LogP contribution in [0, 0.1) is 18.8 Å². The van der Waals surface area contributed by atoms with Crippen LogP contribution in [0.15, 0.2) is 48.5 Å². The van der Waals surface area contributed by atoms with Crippen molar-refractivity contribution in [2.24, 2.45) is 11.8 Å². The number of carbonyl (C=O) groups excluding carboxylic acids is 3. The number of rotatable bonds is 4. The molecule has 0 spiro atoms. The molecule has 2 amide bonds. The van der Waals surface area contributed by atoms with Gasteiger partial charge in [0, 0.05) is 18.4 Å². The van der Waals surface area contributed by atoms with Crippen molar-refractivity contribution in [3.63, 3.8) is 0 Å². The number of Topliss-reactive ketones (excluding diaryl/α,β-unsaturated/α-hetero) is 1. The minimum absolute atomic E-state index is 0.00580. The van der Waals surface area contributed by atoms with Gasteiger partial charge in [0.1, 0.15) is 17.9 Å². The number of amides is 2. The van der Waals surface area contributed by atoms with Crippen molar-refractivity contribution in [2.75, 3.05) is 11.4 Å². The molecule has 3 saturated heterocycles. The maximum atomic E-state index is 13.5. The molecule has 2 aromatic carbocycles. The van der Waals surface area contributed by atoms with Gasteiger partial charge < -0.3 is 4.90 Å². The second kappa shape index (κ2) is 7.17. The summed E-state index contributed by atoms with van der Waals surface area (Å²) < 4.78 is 0. The van der Waals surface area contributed by atoms with Gasteiger partial charge in [-0.1, -0.05) is 48.9 Å². The van der Waals surface area contributed by atoms with Crippen LogP contribution in [0.1, 0.15) is 41.3 Å². The summed E-state index contributed by atoms with van der Waals surface area (Å²) in [5, 5.41) is 0. The number of carbonyl (C=O) groups is 3. The van der Waals surface area contributed by atoms with Gasteiger partial charge in [-0.3, -0.25) is 14.4 Å². The second-order valence-corrected chi connectivity index (χ2v) is 8.87. The topological polar surface area (TPSA) is 58.9 Å². The molecule has 30 heavy (non-hydrogen) atoms. The summed E-state index contributed by atoms with van der Waals surface area (Å²) in [6, 6.07) is 14.8. The average Bonchev–Trinajstić information content (AvgIpc) is 3.40. The predicted molar refractivity (Wildman–Crippen MR) is 113 cm³/mol. The van der Waals surface area contributed by atoms with Gasteiger partial charge in [-0.05, 0) is 31.0 Å². The monoisotopic (exact) mass is 403 g/mol. The van der Waals surface area contributed by atoms with Gasteiger partial charge in [0.15, 0.2) is 6.04 Å². The molecule has 0 aromatic heterocycles. The molecule has 1 N–H and O–H groups in total. The number of hydrogen-bond acceptors (Lipinski definition) is 3. The minimum Gasteiger partial charge on any atom is -0.322 e. The van der Waals surface area contributed by atoms with E-state index in [0.29, 0.717) is 11.3 Å². The molecule has 0 saturated carbocycles. The van der Waals surface area contributed by atoms with E-state index in [1.54, 1.807) is 0 Å². The van der Waals surface area contributed by atoms with E-state index in [-0.39, 0.29) is 29.6 Å². The number of fused-ring (bicyclic) bond motifs is 3. The van der Waals surface area contributed by atoms with Gasteiger partial charge in [-0.2, -0.15) is 0 Å². The number of anilines is 1. The summed E-state index contributed by atoms with van der Waals surface area (Å²) in [4.78, 5) is 43.0. The molecule has 2 aromatic rings. The van der Waals surface area contributed by atoms with Crippen molar-refractivity contribution < 1.29 is 19.3 Å². The number of imide groups is 1. The molecule has 5 nitrogen and oxygen atoms in total. The number of hydrogen-bond donors (Lipinski definition) is 1. The first-order valence-electron chi connectivity index (χ1n) is 10.9. The Hall–Kier alpha value is -2.79. The molecule has 3 fully saturated rings. The first-order chi connectivity index (χ1) is 14.5. The van der Waals surface area contributed by atoms with Crippen LogP contribution in [-0.4, -0.2) is 36.2 Å². The van der Waals surface area contributed by atoms with Gasteiger partial charge in [0.05, 0.1) is 12.2 Å². The van der Waals surface area contributed by atoms with Crippen LogP contribution in [0.2, 0.25) is 0 Å². The average molecular weight is 404 g/mol. The standard InChI is InChI=1S/C25H26N2O3/c1-3-16-8-12-18(13-9-16)27-24(29)20-19-5-4-14-26(19)22(21(20)25(27)30)23(28)17-10-6-15(2)7-11-17/h6-13,19-22H,3-5,14H2,1-2H3/p+1/t19-,20+,21-,22+/m1/s1. The maximum absolute atomic E-state index is 13.5. The number of aryl methyl sites for hydroxylation is 2. The number of ketones is 1. The van der Waals surface area contributed by atoms with Crippen LogP contribution in [0.25, 0.3) is 0 Å². The SMILES string of the molecule is CCc1ccc(N2C(=O)[C@@H]3[C@@H](C2=O)[C@@H](C(=O)c2ccc(C)cc2)[NH+]2CCC[C@H]32)cc1. The van der Waals surface area contributed by atoms with Crippen LogP contribution < -0.4 is 9.80 Å². The van der Waals surface area contributed by atoms with Crippen LogP contribution >= 0.6 is 0 Å². The highest BCUT2D eigenvalue weighted by Crippen LogP contribution is 2.40. The lowest BCUT2D eigenvalue weighted by molar-refractivity contribution is -0.915. The van der Waals surface area contributed by atoms with E-state index < -0.39 is 12.0 Å². The third-order valence-electron chi connectivity index (χ3n) is 7.27.